The van der Waals surface area contributed by atoms with Gasteiger partial charge in [-0.3, -0.25) is 37.3 Å². The SMILES string of the molecule is CCCCCCCCCCCCCCCCC(=O)OC[C@H](COP(=O)(O)OC[C@@H](O)COP(=O)(O)OC[C@@H](COC(=O)CCCCCCCCC(C)CC)OC(=O)CCCCCCCCCCC(C)CC)OC(=O)CCCCCCCCCCCCCCC(C)C. The lowest BCUT2D eigenvalue weighted by molar-refractivity contribution is -0.161. The summed E-state index contributed by atoms with van der Waals surface area (Å²) in [6.07, 6.45) is 47.1. The molecule has 0 aromatic rings. The number of aliphatic hydroxyl groups excluding tert-OH is 1. The standard InChI is InChI=1S/C72H140O17P2/c1-8-11-12-13-14-15-16-17-18-22-25-31-39-46-53-69(74)82-59-67(88-71(76)55-48-41-32-26-23-20-19-21-24-29-36-43-50-63(4)5)61-86-90(78,79)84-57-66(73)58-85-91(80,81)87-62-68(60-83-70(75)54-47-40-35-34-38-45-52-65(7)10-3)89-72(77)56-49-42-33-28-27-30-37-44-51-64(6)9-2/h63-68,73H,8-62H2,1-7H3,(H,78,79)(H,80,81)/t64?,65?,66-,67-,68-/m1/s1. The zero-order chi connectivity index (χ0) is 67.3. The van der Waals surface area contributed by atoms with Crippen LogP contribution in [-0.2, 0) is 65.4 Å². The number of carbonyl (C=O) groups excluding carboxylic acids is 4. The zero-order valence-corrected chi connectivity index (χ0v) is 61.1. The number of ether oxygens (including phenoxy) is 4. The van der Waals surface area contributed by atoms with Gasteiger partial charge in [0.1, 0.15) is 19.3 Å². The average molecular weight is 1340 g/mol. The van der Waals surface area contributed by atoms with Gasteiger partial charge in [-0.05, 0) is 43.4 Å². The number of phosphoric ester groups is 2. The van der Waals surface area contributed by atoms with E-state index in [0.29, 0.717) is 25.7 Å². The fraction of sp³-hybridized carbons (Fsp3) is 0.944. The minimum absolute atomic E-state index is 0.104. The van der Waals surface area contributed by atoms with Crippen molar-refractivity contribution in [3.63, 3.8) is 0 Å². The van der Waals surface area contributed by atoms with Crippen molar-refractivity contribution in [2.45, 2.75) is 381 Å². The molecule has 19 heteroatoms. The summed E-state index contributed by atoms with van der Waals surface area (Å²) in [7, 11) is -9.91. The van der Waals surface area contributed by atoms with Gasteiger partial charge in [0.25, 0.3) is 0 Å². The van der Waals surface area contributed by atoms with Crippen molar-refractivity contribution in [1.29, 1.82) is 0 Å². The molecule has 4 unspecified atom stereocenters. The Morgan fingerprint density at radius 3 is 0.835 bits per heavy atom. The molecule has 0 saturated carbocycles. The van der Waals surface area contributed by atoms with Crippen LogP contribution in [0.15, 0.2) is 0 Å². The fourth-order valence-electron chi connectivity index (χ4n) is 10.8. The number of hydrogen-bond acceptors (Lipinski definition) is 15. The molecule has 0 amide bonds. The number of unbranched alkanes of at least 4 members (excludes halogenated alkanes) is 36. The van der Waals surface area contributed by atoms with Gasteiger partial charge in [0.2, 0.25) is 0 Å². The lowest BCUT2D eigenvalue weighted by atomic mass is 9.99. The van der Waals surface area contributed by atoms with Crippen LogP contribution in [0.2, 0.25) is 0 Å². The normalized spacial score (nSPS) is 14.8. The summed E-state index contributed by atoms with van der Waals surface area (Å²) in [6, 6.07) is 0. The van der Waals surface area contributed by atoms with Crippen molar-refractivity contribution in [3.8, 4) is 0 Å². The van der Waals surface area contributed by atoms with Crippen molar-refractivity contribution < 1.29 is 80.2 Å². The zero-order valence-electron chi connectivity index (χ0n) is 59.3. The quantitative estimate of drug-likeness (QED) is 0.0222. The van der Waals surface area contributed by atoms with E-state index in [9.17, 15) is 43.2 Å². The summed E-state index contributed by atoms with van der Waals surface area (Å²) in [5.41, 5.74) is 0. The van der Waals surface area contributed by atoms with Gasteiger partial charge in [0.05, 0.1) is 26.4 Å². The molecule has 0 radical (unpaired) electrons. The summed E-state index contributed by atoms with van der Waals surface area (Å²) in [4.78, 5) is 72.6. The van der Waals surface area contributed by atoms with Gasteiger partial charge in [-0.25, -0.2) is 9.13 Å². The molecule has 0 aromatic heterocycles. The molecule has 3 N–H and O–H groups in total. The number of aliphatic hydroxyl groups is 1. The number of carbonyl (C=O) groups is 4. The van der Waals surface area contributed by atoms with E-state index in [1.165, 1.54) is 167 Å². The van der Waals surface area contributed by atoms with E-state index in [1.807, 2.05) is 0 Å². The second kappa shape index (κ2) is 62.8. The molecule has 0 aromatic carbocycles. The highest BCUT2D eigenvalue weighted by molar-refractivity contribution is 7.47. The lowest BCUT2D eigenvalue weighted by Crippen LogP contribution is -2.30. The first-order valence-electron chi connectivity index (χ1n) is 37.4. The first-order valence-corrected chi connectivity index (χ1v) is 40.4. The summed E-state index contributed by atoms with van der Waals surface area (Å²) in [5.74, 6) is 0.152. The summed E-state index contributed by atoms with van der Waals surface area (Å²) >= 11 is 0. The maximum absolute atomic E-state index is 13.0. The molecule has 0 aliphatic rings. The molecule has 91 heavy (non-hydrogen) atoms. The van der Waals surface area contributed by atoms with E-state index in [1.54, 1.807) is 0 Å². The highest BCUT2D eigenvalue weighted by Gasteiger charge is 2.30. The van der Waals surface area contributed by atoms with Crippen molar-refractivity contribution in [2.24, 2.45) is 17.8 Å². The Balaban J connectivity index is 5.27. The van der Waals surface area contributed by atoms with Crippen molar-refractivity contribution in [2.75, 3.05) is 39.6 Å². The molecule has 7 atom stereocenters. The highest BCUT2D eigenvalue weighted by atomic mass is 31.2. The molecule has 0 saturated heterocycles. The number of rotatable bonds is 70. The van der Waals surface area contributed by atoms with E-state index >= 15 is 0 Å². The molecule has 0 heterocycles. The Bertz CT molecular complexity index is 1790. The third kappa shape index (κ3) is 63.9. The summed E-state index contributed by atoms with van der Waals surface area (Å²) < 4.78 is 68.4. The van der Waals surface area contributed by atoms with Crippen LogP contribution in [-0.4, -0.2) is 96.7 Å². The molecule has 0 spiro atoms. The van der Waals surface area contributed by atoms with Crippen LogP contribution in [0.25, 0.3) is 0 Å². The van der Waals surface area contributed by atoms with Crippen LogP contribution in [0.4, 0.5) is 0 Å². The van der Waals surface area contributed by atoms with Crippen LogP contribution in [0.3, 0.4) is 0 Å². The average Bonchev–Trinajstić information content (AvgIpc) is 3.24. The van der Waals surface area contributed by atoms with Gasteiger partial charge in [-0.1, -0.05) is 312 Å². The smallest absolute Gasteiger partial charge is 0.462 e. The minimum atomic E-state index is -4.95. The van der Waals surface area contributed by atoms with Crippen molar-refractivity contribution in [1.82, 2.24) is 0 Å². The number of phosphoric acid groups is 2. The van der Waals surface area contributed by atoms with Gasteiger partial charge < -0.3 is 33.8 Å². The van der Waals surface area contributed by atoms with Gasteiger partial charge in [-0.15, -0.1) is 0 Å². The predicted octanol–water partition coefficient (Wildman–Crippen LogP) is 20.6. The van der Waals surface area contributed by atoms with Crippen LogP contribution in [0.5, 0.6) is 0 Å². The first kappa shape index (κ1) is 89.1. The minimum Gasteiger partial charge on any atom is -0.462 e. The van der Waals surface area contributed by atoms with Crippen LogP contribution in [0.1, 0.15) is 363 Å². The van der Waals surface area contributed by atoms with Gasteiger partial charge in [-0.2, -0.15) is 0 Å². The molecule has 0 aliphatic heterocycles. The Kier molecular flexibility index (Phi) is 61.5. The monoisotopic (exact) mass is 1340 g/mol. The summed E-state index contributed by atoms with van der Waals surface area (Å²) in [6.45, 7) is 11.8. The van der Waals surface area contributed by atoms with E-state index in [-0.39, 0.29) is 25.7 Å². The van der Waals surface area contributed by atoms with E-state index in [2.05, 4.69) is 48.5 Å². The third-order valence-electron chi connectivity index (χ3n) is 17.4. The number of hydrogen-bond donors (Lipinski definition) is 3. The summed E-state index contributed by atoms with van der Waals surface area (Å²) in [5, 5.41) is 10.6. The Hall–Kier alpha value is -1.94. The number of esters is 4. The van der Waals surface area contributed by atoms with Crippen LogP contribution < -0.4 is 0 Å². The third-order valence-corrected chi connectivity index (χ3v) is 19.3. The van der Waals surface area contributed by atoms with E-state index < -0.39 is 97.5 Å². The highest BCUT2D eigenvalue weighted by Crippen LogP contribution is 2.45. The predicted molar refractivity (Wildman–Crippen MR) is 368 cm³/mol. The molecule has 0 fully saturated rings. The lowest BCUT2D eigenvalue weighted by Gasteiger charge is -2.21. The largest absolute Gasteiger partial charge is 0.472 e. The van der Waals surface area contributed by atoms with Crippen molar-refractivity contribution >= 4 is 39.5 Å². The molecular weight excluding hydrogens is 1200 g/mol. The maximum Gasteiger partial charge on any atom is 0.472 e. The topological polar surface area (TPSA) is 237 Å². The van der Waals surface area contributed by atoms with Crippen LogP contribution >= 0.6 is 15.6 Å². The van der Waals surface area contributed by atoms with E-state index in [0.717, 1.165) is 114 Å². The van der Waals surface area contributed by atoms with Gasteiger partial charge in [0, 0.05) is 25.7 Å². The Labute approximate surface area is 556 Å². The molecule has 540 valence electrons. The molecule has 0 rings (SSSR count). The Morgan fingerprint density at radius 2 is 0.560 bits per heavy atom. The molecule has 0 aliphatic carbocycles. The molecule has 0 bridgehead atoms. The molecule has 17 nitrogen and oxygen atoms in total. The maximum atomic E-state index is 13.0. The Morgan fingerprint density at radius 1 is 0.319 bits per heavy atom. The van der Waals surface area contributed by atoms with Crippen LogP contribution in [0, 0.1) is 17.8 Å². The second-order valence-corrected chi connectivity index (χ2v) is 29.8. The van der Waals surface area contributed by atoms with Crippen molar-refractivity contribution in [3.05, 3.63) is 0 Å². The first-order chi connectivity index (χ1) is 43.8. The van der Waals surface area contributed by atoms with Gasteiger partial charge >= 0.3 is 39.5 Å². The molecular formula is C72H140O17P2. The van der Waals surface area contributed by atoms with E-state index in [4.69, 9.17) is 37.0 Å². The fourth-order valence-corrected chi connectivity index (χ4v) is 12.4. The second-order valence-electron chi connectivity index (χ2n) is 26.9. The van der Waals surface area contributed by atoms with Gasteiger partial charge in [0.15, 0.2) is 12.2 Å².